The summed E-state index contributed by atoms with van der Waals surface area (Å²) in [6.45, 7) is 4.89. The number of piperazine rings is 1. The number of halogens is 2. The van der Waals surface area contributed by atoms with Gasteiger partial charge in [-0.2, -0.15) is 0 Å². The molecule has 4 rings (SSSR count). The van der Waals surface area contributed by atoms with Crippen molar-refractivity contribution in [3.05, 3.63) is 64.5 Å². The first-order chi connectivity index (χ1) is 11.7. The number of benzene rings is 1. The number of hydrogen-bond donors (Lipinski definition) is 0. The molecule has 1 saturated heterocycles. The molecule has 0 saturated carbocycles. The third-order valence-corrected chi connectivity index (χ3v) is 4.85. The van der Waals surface area contributed by atoms with Crippen LogP contribution in [0.3, 0.4) is 0 Å². The molecule has 0 amide bonds. The molecule has 3 aromatic rings. The van der Waals surface area contributed by atoms with Crippen LogP contribution in [0.15, 0.2) is 48.8 Å². The van der Waals surface area contributed by atoms with Crippen molar-refractivity contribution in [1.29, 1.82) is 0 Å². The molecule has 1 aliphatic heterocycles. The third kappa shape index (κ3) is 3.36. The lowest BCUT2D eigenvalue weighted by atomic mass is 10.2. The summed E-state index contributed by atoms with van der Waals surface area (Å²) in [6.07, 6.45) is 3.95. The standard InChI is InChI=1S/C18H18Cl2N4/c19-14-2-1-3-17(10-14)23-8-6-22(7-9-23)12-16-13-24-11-15(20)4-5-18(24)21-16/h1-5,10-11,13H,6-9,12H2. The van der Waals surface area contributed by atoms with E-state index in [1.54, 1.807) is 0 Å². The molecule has 0 radical (unpaired) electrons. The zero-order valence-corrected chi connectivity index (χ0v) is 14.7. The van der Waals surface area contributed by atoms with Gasteiger partial charge < -0.3 is 9.30 Å². The highest BCUT2D eigenvalue weighted by atomic mass is 35.5. The Morgan fingerprint density at radius 1 is 0.917 bits per heavy atom. The van der Waals surface area contributed by atoms with Crippen molar-refractivity contribution >= 4 is 34.5 Å². The molecule has 1 aliphatic rings. The van der Waals surface area contributed by atoms with Gasteiger partial charge in [-0.25, -0.2) is 4.98 Å². The fraction of sp³-hybridized carbons (Fsp3) is 0.278. The van der Waals surface area contributed by atoms with E-state index in [1.807, 2.05) is 40.9 Å². The molecule has 124 valence electrons. The van der Waals surface area contributed by atoms with Crippen LogP contribution >= 0.6 is 23.2 Å². The number of pyridine rings is 1. The highest BCUT2D eigenvalue weighted by Gasteiger charge is 2.18. The van der Waals surface area contributed by atoms with Gasteiger partial charge in [-0.15, -0.1) is 0 Å². The molecule has 0 unspecified atom stereocenters. The maximum absolute atomic E-state index is 6.09. The second-order valence-corrected chi connectivity index (χ2v) is 6.96. The van der Waals surface area contributed by atoms with E-state index in [9.17, 15) is 0 Å². The molecule has 0 bridgehead atoms. The van der Waals surface area contributed by atoms with E-state index in [2.05, 4.69) is 27.0 Å². The largest absolute Gasteiger partial charge is 0.369 e. The lowest BCUT2D eigenvalue weighted by Crippen LogP contribution is -2.46. The highest BCUT2D eigenvalue weighted by Crippen LogP contribution is 2.21. The lowest BCUT2D eigenvalue weighted by Gasteiger charge is -2.35. The van der Waals surface area contributed by atoms with Crippen molar-refractivity contribution in [2.75, 3.05) is 31.1 Å². The first-order valence-corrected chi connectivity index (χ1v) is 8.79. The van der Waals surface area contributed by atoms with Gasteiger partial charge in [0.05, 0.1) is 10.7 Å². The first kappa shape index (κ1) is 15.8. The molecule has 0 atom stereocenters. The van der Waals surface area contributed by atoms with Gasteiger partial charge in [0, 0.05) is 55.8 Å². The van der Waals surface area contributed by atoms with Gasteiger partial charge in [-0.1, -0.05) is 29.3 Å². The summed E-state index contributed by atoms with van der Waals surface area (Å²) in [5.41, 5.74) is 3.21. The highest BCUT2D eigenvalue weighted by molar-refractivity contribution is 6.31. The maximum Gasteiger partial charge on any atom is 0.137 e. The quantitative estimate of drug-likeness (QED) is 0.706. The number of rotatable bonds is 3. The minimum absolute atomic E-state index is 0.724. The van der Waals surface area contributed by atoms with Crippen LogP contribution in [0.5, 0.6) is 0 Å². The molecule has 6 heteroatoms. The van der Waals surface area contributed by atoms with Gasteiger partial charge in [0.2, 0.25) is 0 Å². The average Bonchev–Trinajstić information content (AvgIpc) is 2.97. The fourth-order valence-corrected chi connectivity index (χ4v) is 3.51. The van der Waals surface area contributed by atoms with Gasteiger partial charge in [-0.3, -0.25) is 4.90 Å². The van der Waals surface area contributed by atoms with Crippen LogP contribution in [0, 0.1) is 0 Å². The predicted octanol–water partition coefficient (Wildman–Crippen LogP) is 3.96. The molecule has 24 heavy (non-hydrogen) atoms. The van der Waals surface area contributed by atoms with Crippen LogP contribution in [0.2, 0.25) is 10.0 Å². The summed E-state index contributed by atoms with van der Waals surface area (Å²) >= 11 is 12.1. The Kier molecular flexibility index (Phi) is 4.35. The summed E-state index contributed by atoms with van der Waals surface area (Å²) in [6, 6.07) is 11.9. The zero-order chi connectivity index (χ0) is 16.5. The minimum atomic E-state index is 0.724. The number of fused-ring (bicyclic) bond motifs is 1. The Bertz CT molecular complexity index is 853. The smallest absolute Gasteiger partial charge is 0.137 e. The molecule has 1 aromatic carbocycles. The molecular weight excluding hydrogens is 343 g/mol. The summed E-state index contributed by atoms with van der Waals surface area (Å²) in [5, 5.41) is 1.51. The number of hydrogen-bond acceptors (Lipinski definition) is 3. The van der Waals surface area contributed by atoms with Crippen molar-refractivity contribution in [2.45, 2.75) is 6.54 Å². The van der Waals surface area contributed by atoms with Crippen LogP contribution < -0.4 is 4.90 Å². The van der Waals surface area contributed by atoms with Crippen molar-refractivity contribution in [1.82, 2.24) is 14.3 Å². The SMILES string of the molecule is Clc1cccc(N2CCN(Cc3cn4cc(Cl)ccc4n3)CC2)c1. The molecular formula is C18H18Cl2N4. The Morgan fingerprint density at radius 3 is 2.54 bits per heavy atom. The lowest BCUT2D eigenvalue weighted by molar-refractivity contribution is 0.247. The average molecular weight is 361 g/mol. The van der Waals surface area contributed by atoms with Crippen LogP contribution in [-0.4, -0.2) is 40.5 Å². The number of aromatic nitrogens is 2. The van der Waals surface area contributed by atoms with Crippen LogP contribution in [0.1, 0.15) is 5.69 Å². The Morgan fingerprint density at radius 2 is 1.75 bits per heavy atom. The van der Waals surface area contributed by atoms with Gasteiger partial charge in [-0.05, 0) is 30.3 Å². The number of anilines is 1. The predicted molar refractivity (Wildman–Crippen MR) is 99.1 cm³/mol. The van der Waals surface area contributed by atoms with E-state index >= 15 is 0 Å². The van der Waals surface area contributed by atoms with E-state index in [0.717, 1.165) is 54.1 Å². The Labute approximate surface area is 151 Å². The van der Waals surface area contributed by atoms with Crippen molar-refractivity contribution in [3.63, 3.8) is 0 Å². The molecule has 4 nitrogen and oxygen atoms in total. The van der Waals surface area contributed by atoms with Gasteiger partial charge >= 0.3 is 0 Å². The molecule has 0 spiro atoms. The van der Waals surface area contributed by atoms with E-state index in [-0.39, 0.29) is 0 Å². The number of nitrogens with zero attached hydrogens (tertiary/aromatic N) is 4. The van der Waals surface area contributed by atoms with Gasteiger partial charge in [0.25, 0.3) is 0 Å². The monoisotopic (exact) mass is 360 g/mol. The van der Waals surface area contributed by atoms with E-state index < -0.39 is 0 Å². The van der Waals surface area contributed by atoms with Crippen molar-refractivity contribution in [3.8, 4) is 0 Å². The Hall–Kier alpha value is -1.75. The summed E-state index contributed by atoms with van der Waals surface area (Å²) in [7, 11) is 0. The minimum Gasteiger partial charge on any atom is -0.369 e. The van der Waals surface area contributed by atoms with Crippen molar-refractivity contribution in [2.24, 2.45) is 0 Å². The topological polar surface area (TPSA) is 23.8 Å². The summed E-state index contributed by atoms with van der Waals surface area (Å²) in [5.74, 6) is 0. The number of imidazole rings is 1. The molecule has 0 aliphatic carbocycles. The van der Waals surface area contributed by atoms with E-state index in [0.29, 0.717) is 0 Å². The fourth-order valence-electron chi connectivity index (χ4n) is 3.16. The third-order valence-electron chi connectivity index (χ3n) is 4.40. The molecule has 3 heterocycles. The maximum atomic E-state index is 6.09. The van der Waals surface area contributed by atoms with Crippen LogP contribution in [0.4, 0.5) is 5.69 Å². The molecule has 2 aromatic heterocycles. The van der Waals surface area contributed by atoms with Crippen LogP contribution in [-0.2, 0) is 6.54 Å². The van der Waals surface area contributed by atoms with Crippen molar-refractivity contribution < 1.29 is 0 Å². The normalized spacial score (nSPS) is 16.0. The second kappa shape index (κ2) is 6.63. The molecule has 0 N–H and O–H groups in total. The first-order valence-electron chi connectivity index (χ1n) is 8.03. The zero-order valence-electron chi connectivity index (χ0n) is 13.2. The van der Waals surface area contributed by atoms with Gasteiger partial charge in [0.15, 0.2) is 0 Å². The second-order valence-electron chi connectivity index (χ2n) is 6.09. The molecule has 1 fully saturated rings. The van der Waals surface area contributed by atoms with E-state index in [1.165, 1.54) is 5.69 Å². The van der Waals surface area contributed by atoms with Crippen LogP contribution in [0.25, 0.3) is 5.65 Å². The van der Waals surface area contributed by atoms with Gasteiger partial charge in [0.1, 0.15) is 5.65 Å². The van der Waals surface area contributed by atoms with E-state index in [4.69, 9.17) is 23.2 Å². The summed E-state index contributed by atoms with van der Waals surface area (Å²) in [4.78, 5) is 9.48. The summed E-state index contributed by atoms with van der Waals surface area (Å²) < 4.78 is 1.99. The Balaban J connectivity index is 1.40.